The quantitative estimate of drug-likeness (QED) is 0.673. The summed E-state index contributed by atoms with van der Waals surface area (Å²) in [5.41, 5.74) is -0.0903. The molecule has 5 nitrogen and oxygen atoms in total. The first-order valence-corrected chi connectivity index (χ1v) is 7.28. The van der Waals surface area contributed by atoms with E-state index in [0.29, 0.717) is 11.6 Å². The minimum Gasteiger partial charge on any atom is -0.403 e. The Labute approximate surface area is 141 Å². The Kier molecular flexibility index (Phi) is 4.34. The summed E-state index contributed by atoms with van der Waals surface area (Å²) in [6.07, 6.45) is 0. The smallest absolute Gasteiger partial charge is 0.322 e. The van der Waals surface area contributed by atoms with Crippen LogP contribution in [0.3, 0.4) is 0 Å². The van der Waals surface area contributed by atoms with E-state index in [4.69, 9.17) is 4.42 Å². The van der Waals surface area contributed by atoms with Gasteiger partial charge in [-0.1, -0.05) is 27.1 Å². The van der Waals surface area contributed by atoms with Crippen LogP contribution in [0, 0.1) is 17.5 Å². The van der Waals surface area contributed by atoms with E-state index in [1.54, 1.807) is 24.3 Å². The molecule has 122 valence electrons. The molecule has 9 heteroatoms. The molecule has 0 aliphatic heterocycles. The lowest BCUT2D eigenvalue weighted by atomic mass is 10.2. The fourth-order valence-corrected chi connectivity index (χ4v) is 2.27. The topological polar surface area (TPSA) is 68.0 Å². The molecule has 0 bridgehead atoms. The number of anilines is 1. The van der Waals surface area contributed by atoms with E-state index in [-0.39, 0.29) is 18.0 Å². The first-order valence-electron chi connectivity index (χ1n) is 6.49. The van der Waals surface area contributed by atoms with Crippen molar-refractivity contribution in [3.8, 4) is 11.5 Å². The number of hydrogen-bond acceptors (Lipinski definition) is 4. The SMILES string of the molecule is O=C(Nc1nnc(-c2cccc(Br)c2)o1)c1cc(F)c(F)cc1F. The van der Waals surface area contributed by atoms with E-state index >= 15 is 0 Å². The Hall–Kier alpha value is -2.68. The molecule has 1 amide bonds. The van der Waals surface area contributed by atoms with Gasteiger partial charge in [0.15, 0.2) is 11.6 Å². The Morgan fingerprint density at radius 2 is 1.79 bits per heavy atom. The molecule has 2 aromatic carbocycles. The highest BCUT2D eigenvalue weighted by Gasteiger charge is 2.19. The van der Waals surface area contributed by atoms with Crippen LogP contribution >= 0.6 is 15.9 Å². The second-order valence-corrected chi connectivity index (χ2v) is 5.54. The number of carbonyl (C=O) groups is 1. The number of aromatic nitrogens is 2. The molecule has 1 N–H and O–H groups in total. The second-order valence-electron chi connectivity index (χ2n) is 4.62. The molecule has 0 aliphatic rings. The van der Waals surface area contributed by atoms with Gasteiger partial charge in [-0.25, -0.2) is 13.2 Å². The molecule has 0 aliphatic carbocycles. The van der Waals surface area contributed by atoms with Crippen LogP contribution in [0.4, 0.5) is 19.2 Å². The molecule has 0 spiro atoms. The second kappa shape index (κ2) is 6.44. The third-order valence-electron chi connectivity index (χ3n) is 2.97. The number of rotatable bonds is 3. The molecule has 0 unspecified atom stereocenters. The van der Waals surface area contributed by atoms with Crippen molar-refractivity contribution in [3.63, 3.8) is 0 Å². The minimum atomic E-state index is -1.39. The first-order chi connectivity index (χ1) is 11.4. The highest BCUT2D eigenvalue weighted by molar-refractivity contribution is 9.10. The van der Waals surface area contributed by atoms with Gasteiger partial charge < -0.3 is 4.42 Å². The van der Waals surface area contributed by atoms with Crippen molar-refractivity contribution in [2.45, 2.75) is 0 Å². The monoisotopic (exact) mass is 397 g/mol. The Morgan fingerprint density at radius 1 is 1.04 bits per heavy atom. The Balaban J connectivity index is 1.82. The van der Waals surface area contributed by atoms with Gasteiger partial charge in [0.1, 0.15) is 5.82 Å². The standard InChI is InChI=1S/C15H7BrF3N3O2/c16-8-3-1-2-7(4-8)14-21-22-15(24-14)20-13(23)9-5-11(18)12(19)6-10(9)17/h1-6H,(H,20,22,23). The average Bonchev–Trinajstić information content (AvgIpc) is 2.99. The number of nitrogens with zero attached hydrogens (tertiary/aromatic N) is 2. The number of amides is 1. The molecule has 3 rings (SSSR count). The number of halogens is 4. The predicted molar refractivity (Wildman–Crippen MR) is 81.7 cm³/mol. The molecule has 24 heavy (non-hydrogen) atoms. The maximum atomic E-state index is 13.6. The Morgan fingerprint density at radius 3 is 2.54 bits per heavy atom. The molecule has 0 saturated heterocycles. The summed E-state index contributed by atoms with van der Waals surface area (Å²) in [6.45, 7) is 0. The summed E-state index contributed by atoms with van der Waals surface area (Å²) >= 11 is 3.29. The van der Waals surface area contributed by atoms with Gasteiger partial charge in [-0.15, -0.1) is 5.10 Å². The van der Waals surface area contributed by atoms with E-state index in [9.17, 15) is 18.0 Å². The van der Waals surface area contributed by atoms with Crippen LogP contribution in [-0.4, -0.2) is 16.1 Å². The molecule has 1 heterocycles. The van der Waals surface area contributed by atoms with E-state index in [2.05, 4.69) is 31.4 Å². The summed E-state index contributed by atoms with van der Waals surface area (Å²) < 4.78 is 45.6. The van der Waals surface area contributed by atoms with Gasteiger partial charge in [0.05, 0.1) is 5.56 Å². The van der Waals surface area contributed by atoms with Gasteiger partial charge in [0, 0.05) is 16.1 Å². The predicted octanol–water partition coefficient (Wildman–Crippen LogP) is 4.17. The number of benzene rings is 2. The maximum absolute atomic E-state index is 13.6. The van der Waals surface area contributed by atoms with Crippen molar-refractivity contribution in [1.82, 2.24) is 10.2 Å². The zero-order chi connectivity index (χ0) is 17.3. The molecular weight excluding hydrogens is 391 g/mol. The van der Waals surface area contributed by atoms with Crippen molar-refractivity contribution in [2.24, 2.45) is 0 Å². The van der Waals surface area contributed by atoms with Crippen molar-refractivity contribution < 1.29 is 22.4 Å². The van der Waals surface area contributed by atoms with Crippen LogP contribution in [0.5, 0.6) is 0 Å². The lowest BCUT2D eigenvalue weighted by Crippen LogP contribution is -2.15. The van der Waals surface area contributed by atoms with Crippen molar-refractivity contribution in [2.75, 3.05) is 5.32 Å². The number of hydrogen-bond donors (Lipinski definition) is 1. The number of carbonyl (C=O) groups excluding carboxylic acids is 1. The summed E-state index contributed by atoms with van der Waals surface area (Å²) in [5, 5.41) is 9.48. The first kappa shape index (κ1) is 16.2. The summed E-state index contributed by atoms with van der Waals surface area (Å²) in [6, 6.07) is 7.40. The minimum absolute atomic E-state index is 0.123. The molecule has 0 radical (unpaired) electrons. The third-order valence-corrected chi connectivity index (χ3v) is 3.46. The van der Waals surface area contributed by atoms with E-state index < -0.39 is 28.9 Å². The van der Waals surface area contributed by atoms with Crippen LogP contribution in [0.15, 0.2) is 45.3 Å². The normalized spacial score (nSPS) is 10.7. The molecule has 3 aromatic rings. The van der Waals surface area contributed by atoms with Crippen LogP contribution in [0.25, 0.3) is 11.5 Å². The molecule has 1 aromatic heterocycles. The maximum Gasteiger partial charge on any atom is 0.322 e. The highest BCUT2D eigenvalue weighted by Crippen LogP contribution is 2.23. The van der Waals surface area contributed by atoms with Gasteiger partial charge in [-0.3, -0.25) is 10.1 Å². The number of nitrogens with one attached hydrogen (secondary N) is 1. The lowest BCUT2D eigenvalue weighted by Gasteiger charge is -2.03. The fourth-order valence-electron chi connectivity index (χ4n) is 1.87. The molecule has 0 atom stereocenters. The zero-order valence-electron chi connectivity index (χ0n) is 11.7. The molecular formula is C15H7BrF3N3O2. The van der Waals surface area contributed by atoms with Gasteiger partial charge in [0.25, 0.3) is 5.91 Å². The van der Waals surface area contributed by atoms with Crippen LogP contribution in [-0.2, 0) is 0 Å². The third kappa shape index (κ3) is 3.30. The van der Waals surface area contributed by atoms with Crippen LogP contribution in [0.2, 0.25) is 0 Å². The largest absolute Gasteiger partial charge is 0.403 e. The molecule has 0 saturated carbocycles. The van der Waals surface area contributed by atoms with Crippen LogP contribution < -0.4 is 5.32 Å². The van der Waals surface area contributed by atoms with E-state index in [1.165, 1.54) is 0 Å². The van der Waals surface area contributed by atoms with Gasteiger partial charge in [-0.05, 0) is 24.3 Å². The summed E-state index contributed by atoms with van der Waals surface area (Å²) in [5.74, 6) is -4.87. The fraction of sp³-hybridized carbons (Fsp3) is 0. The lowest BCUT2D eigenvalue weighted by molar-refractivity contribution is 0.101. The van der Waals surface area contributed by atoms with Gasteiger partial charge >= 0.3 is 6.01 Å². The van der Waals surface area contributed by atoms with Crippen molar-refractivity contribution in [3.05, 3.63) is 63.9 Å². The van der Waals surface area contributed by atoms with E-state index in [0.717, 1.165) is 4.47 Å². The molecule has 0 fully saturated rings. The summed E-state index contributed by atoms with van der Waals surface area (Å²) in [4.78, 5) is 11.9. The Bertz CT molecular complexity index is 930. The van der Waals surface area contributed by atoms with Crippen molar-refractivity contribution >= 4 is 27.9 Å². The van der Waals surface area contributed by atoms with Crippen molar-refractivity contribution in [1.29, 1.82) is 0 Å². The van der Waals surface area contributed by atoms with Crippen LogP contribution in [0.1, 0.15) is 10.4 Å². The zero-order valence-corrected chi connectivity index (χ0v) is 13.3. The summed E-state index contributed by atoms with van der Waals surface area (Å²) in [7, 11) is 0. The van der Waals surface area contributed by atoms with Gasteiger partial charge in [0.2, 0.25) is 5.89 Å². The van der Waals surface area contributed by atoms with E-state index in [1.807, 2.05) is 0 Å². The highest BCUT2D eigenvalue weighted by atomic mass is 79.9. The van der Waals surface area contributed by atoms with Gasteiger partial charge in [-0.2, -0.15) is 0 Å². The average molecular weight is 398 g/mol.